The Hall–Kier alpha value is -1.56. The molecule has 6 heteroatoms. The number of nitrogens with one attached hydrogen (secondary N) is 2. The van der Waals surface area contributed by atoms with Crippen LogP contribution in [0.5, 0.6) is 0 Å². The minimum absolute atomic E-state index is 0.0666. The van der Waals surface area contributed by atoms with Gasteiger partial charge in [-0.15, -0.1) is 0 Å². The molecule has 0 aliphatic carbocycles. The van der Waals surface area contributed by atoms with Gasteiger partial charge in [0.05, 0.1) is 0 Å². The molecule has 0 aromatic carbocycles. The molecule has 0 saturated carbocycles. The van der Waals surface area contributed by atoms with Crippen LogP contribution in [-0.4, -0.2) is 42.5 Å². The number of amides is 3. The lowest BCUT2D eigenvalue weighted by Crippen LogP contribution is -2.44. The van der Waals surface area contributed by atoms with Crippen LogP contribution in [0.25, 0.3) is 0 Å². The molecule has 2 heterocycles. The van der Waals surface area contributed by atoms with Crippen molar-refractivity contribution in [1.29, 1.82) is 0 Å². The lowest BCUT2D eigenvalue weighted by molar-refractivity contribution is -0.129. The molecule has 2 rings (SSSR count). The summed E-state index contributed by atoms with van der Waals surface area (Å²) in [5.74, 6) is 0.467. The maximum absolute atomic E-state index is 11.9. The van der Waals surface area contributed by atoms with Crippen LogP contribution in [-0.2, 0) is 4.79 Å². The fourth-order valence-corrected chi connectivity index (χ4v) is 3.27. The molecule has 1 aliphatic rings. The number of nitrogens with zero attached hydrogens (tertiary/aromatic N) is 1. The highest BCUT2D eigenvalue weighted by molar-refractivity contribution is 7.07. The second kappa shape index (κ2) is 7.45. The Kier molecular flexibility index (Phi) is 5.61. The SMILES string of the molecule is CCC(=O)N1CC[C@H](NC(=O)NC[C@H](C)c2ccsc2)C1. The molecule has 0 radical (unpaired) electrons. The van der Waals surface area contributed by atoms with Crippen molar-refractivity contribution in [2.45, 2.75) is 38.6 Å². The van der Waals surface area contributed by atoms with Gasteiger partial charge in [0.25, 0.3) is 0 Å². The zero-order valence-electron chi connectivity index (χ0n) is 12.6. The molecule has 2 N–H and O–H groups in total. The predicted molar refractivity (Wildman–Crippen MR) is 84.5 cm³/mol. The normalized spacial score (nSPS) is 19.3. The van der Waals surface area contributed by atoms with Crippen molar-refractivity contribution in [2.75, 3.05) is 19.6 Å². The fraction of sp³-hybridized carbons (Fsp3) is 0.600. The number of hydrogen-bond acceptors (Lipinski definition) is 3. The standard InChI is InChI=1S/C15H23N3O2S/c1-3-14(19)18-6-4-13(9-18)17-15(20)16-8-11(2)12-5-7-21-10-12/h5,7,10-11,13H,3-4,6,8-9H2,1-2H3,(H2,16,17,20)/t11-,13-/m0/s1. The van der Waals surface area contributed by atoms with E-state index in [2.05, 4.69) is 29.0 Å². The van der Waals surface area contributed by atoms with Crippen LogP contribution < -0.4 is 10.6 Å². The van der Waals surface area contributed by atoms with Crippen LogP contribution in [0.1, 0.15) is 38.2 Å². The Morgan fingerprint density at radius 2 is 2.33 bits per heavy atom. The number of rotatable bonds is 5. The van der Waals surface area contributed by atoms with Crippen LogP contribution in [0.2, 0.25) is 0 Å². The summed E-state index contributed by atoms with van der Waals surface area (Å²) in [5.41, 5.74) is 1.25. The summed E-state index contributed by atoms with van der Waals surface area (Å²) in [5, 5.41) is 10.0. The first-order valence-electron chi connectivity index (χ1n) is 7.44. The highest BCUT2D eigenvalue weighted by Crippen LogP contribution is 2.17. The Balaban J connectivity index is 1.69. The first-order chi connectivity index (χ1) is 10.1. The van der Waals surface area contributed by atoms with Crippen molar-refractivity contribution in [3.63, 3.8) is 0 Å². The van der Waals surface area contributed by atoms with Crippen LogP contribution >= 0.6 is 11.3 Å². The van der Waals surface area contributed by atoms with E-state index in [1.54, 1.807) is 11.3 Å². The molecule has 1 aliphatic heterocycles. The van der Waals surface area contributed by atoms with Crippen molar-refractivity contribution in [1.82, 2.24) is 15.5 Å². The summed E-state index contributed by atoms with van der Waals surface area (Å²) in [6, 6.07) is 2.00. The van der Waals surface area contributed by atoms with Gasteiger partial charge in [-0.1, -0.05) is 13.8 Å². The summed E-state index contributed by atoms with van der Waals surface area (Å²) in [6.45, 7) is 5.94. The molecule has 21 heavy (non-hydrogen) atoms. The lowest BCUT2D eigenvalue weighted by atomic mass is 10.1. The smallest absolute Gasteiger partial charge is 0.315 e. The maximum atomic E-state index is 11.9. The van der Waals surface area contributed by atoms with Crippen molar-refractivity contribution in [3.05, 3.63) is 22.4 Å². The first kappa shape index (κ1) is 15.8. The number of hydrogen-bond donors (Lipinski definition) is 2. The summed E-state index contributed by atoms with van der Waals surface area (Å²) in [7, 11) is 0. The Morgan fingerprint density at radius 1 is 1.52 bits per heavy atom. The molecule has 1 aromatic heterocycles. The molecule has 1 saturated heterocycles. The molecule has 116 valence electrons. The van der Waals surface area contributed by atoms with Crippen LogP contribution in [0.3, 0.4) is 0 Å². The molecule has 3 amide bonds. The molecular formula is C15H23N3O2S. The van der Waals surface area contributed by atoms with Crippen molar-refractivity contribution < 1.29 is 9.59 Å². The molecule has 0 spiro atoms. The fourth-order valence-electron chi connectivity index (χ4n) is 2.48. The largest absolute Gasteiger partial charge is 0.341 e. The van der Waals surface area contributed by atoms with E-state index in [-0.39, 0.29) is 18.0 Å². The van der Waals surface area contributed by atoms with Crippen LogP contribution in [0, 0.1) is 0 Å². The zero-order valence-corrected chi connectivity index (χ0v) is 13.4. The second-order valence-corrected chi connectivity index (χ2v) is 6.27. The highest BCUT2D eigenvalue weighted by Gasteiger charge is 2.26. The number of carbonyl (C=O) groups is 2. The molecule has 1 fully saturated rings. The molecule has 0 unspecified atom stereocenters. The number of urea groups is 1. The van der Waals surface area contributed by atoms with E-state index in [0.717, 1.165) is 13.0 Å². The van der Waals surface area contributed by atoms with Crippen LogP contribution in [0.4, 0.5) is 4.79 Å². The average molecular weight is 309 g/mol. The van der Waals surface area contributed by atoms with Crippen molar-refractivity contribution in [3.8, 4) is 0 Å². The Labute approximate surface area is 129 Å². The Morgan fingerprint density at radius 3 is 3.00 bits per heavy atom. The van der Waals surface area contributed by atoms with Gasteiger partial charge >= 0.3 is 6.03 Å². The van der Waals surface area contributed by atoms with E-state index >= 15 is 0 Å². The molecular weight excluding hydrogens is 286 g/mol. The summed E-state index contributed by atoms with van der Waals surface area (Å²) in [4.78, 5) is 25.3. The summed E-state index contributed by atoms with van der Waals surface area (Å²) < 4.78 is 0. The monoisotopic (exact) mass is 309 g/mol. The van der Waals surface area contributed by atoms with Gasteiger partial charge < -0.3 is 15.5 Å². The highest BCUT2D eigenvalue weighted by atomic mass is 32.1. The van der Waals surface area contributed by atoms with Gasteiger partial charge in [0, 0.05) is 32.1 Å². The molecule has 1 aromatic rings. The Bertz CT molecular complexity index is 475. The van der Waals surface area contributed by atoms with E-state index in [4.69, 9.17) is 0 Å². The topological polar surface area (TPSA) is 61.4 Å². The number of thiophene rings is 1. The minimum Gasteiger partial charge on any atom is -0.341 e. The van der Waals surface area contributed by atoms with Gasteiger partial charge in [-0.2, -0.15) is 11.3 Å². The van der Waals surface area contributed by atoms with Gasteiger partial charge in [-0.25, -0.2) is 4.79 Å². The van der Waals surface area contributed by atoms with Crippen LogP contribution in [0.15, 0.2) is 16.8 Å². The summed E-state index contributed by atoms with van der Waals surface area (Å²) >= 11 is 1.67. The summed E-state index contributed by atoms with van der Waals surface area (Å²) in [6.07, 6.45) is 1.36. The number of likely N-dealkylation sites (tertiary alicyclic amines) is 1. The second-order valence-electron chi connectivity index (χ2n) is 5.49. The van der Waals surface area contributed by atoms with E-state index in [9.17, 15) is 9.59 Å². The van der Waals surface area contributed by atoms with E-state index in [0.29, 0.717) is 25.4 Å². The van der Waals surface area contributed by atoms with Gasteiger partial charge in [-0.05, 0) is 34.7 Å². The number of carbonyl (C=O) groups excluding carboxylic acids is 2. The van der Waals surface area contributed by atoms with Gasteiger partial charge in [0.1, 0.15) is 0 Å². The van der Waals surface area contributed by atoms with E-state index in [1.807, 2.05) is 17.2 Å². The quantitative estimate of drug-likeness (QED) is 0.875. The third-order valence-corrected chi connectivity index (χ3v) is 4.56. The first-order valence-corrected chi connectivity index (χ1v) is 8.38. The van der Waals surface area contributed by atoms with E-state index in [1.165, 1.54) is 5.56 Å². The third kappa shape index (κ3) is 4.46. The molecule has 0 bridgehead atoms. The predicted octanol–water partition coefficient (Wildman–Crippen LogP) is 2.16. The van der Waals surface area contributed by atoms with E-state index < -0.39 is 0 Å². The van der Waals surface area contributed by atoms with Gasteiger partial charge in [0.15, 0.2) is 0 Å². The average Bonchev–Trinajstić information content (AvgIpc) is 3.15. The van der Waals surface area contributed by atoms with Gasteiger partial charge in [0.2, 0.25) is 5.91 Å². The minimum atomic E-state index is -0.145. The third-order valence-electron chi connectivity index (χ3n) is 3.86. The lowest BCUT2D eigenvalue weighted by Gasteiger charge is -2.17. The van der Waals surface area contributed by atoms with Gasteiger partial charge in [-0.3, -0.25) is 4.79 Å². The van der Waals surface area contributed by atoms with Crippen molar-refractivity contribution >= 4 is 23.3 Å². The zero-order chi connectivity index (χ0) is 15.2. The van der Waals surface area contributed by atoms with Crippen molar-refractivity contribution in [2.24, 2.45) is 0 Å². The molecule has 5 nitrogen and oxygen atoms in total. The molecule has 2 atom stereocenters. The maximum Gasteiger partial charge on any atom is 0.315 e.